The number of rotatable bonds is 4. The predicted molar refractivity (Wildman–Crippen MR) is 106 cm³/mol. The summed E-state index contributed by atoms with van der Waals surface area (Å²) in [6, 6.07) is 7.00. The van der Waals surface area contributed by atoms with E-state index in [1.165, 1.54) is 6.42 Å². The zero-order valence-electron chi connectivity index (χ0n) is 15.7. The van der Waals surface area contributed by atoms with Gasteiger partial charge in [-0.05, 0) is 57.7 Å². The molecule has 148 valence electrons. The monoisotopic (exact) mass is 410 g/mol. The normalized spacial score (nSPS) is 28.3. The number of amides is 1. The van der Waals surface area contributed by atoms with Gasteiger partial charge in [0.05, 0.1) is 15.2 Å². The van der Waals surface area contributed by atoms with Crippen LogP contribution >= 0.6 is 11.6 Å². The van der Waals surface area contributed by atoms with E-state index < -0.39 is 15.1 Å². The fourth-order valence-electron chi connectivity index (χ4n) is 4.79. The topological polar surface area (TPSA) is 57.7 Å². The molecule has 1 aliphatic carbocycles. The molecule has 2 heterocycles. The number of carbonyl (C=O) groups excluding carboxylic acids is 1. The summed E-state index contributed by atoms with van der Waals surface area (Å²) in [5.74, 6) is 0.133. The first-order valence-corrected chi connectivity index (χ1v) is 11.8. The summed E-state index contributed by atoms with van der Waals surface area (Å²) in [6.45, 7) is 3.97. The first kappa shape index (κ1) is 19.2. The second-order valence-electron chi connectivity index (χ2n) is 8.21. The molecule has 1 aromatic carbocycles. The van der Waals surface area contributed by atoms with Crippen LogP contribution in [-0.4, -0.2) is 60.6 Å². The zero-order chi connectivity index (χ0) is 19.2. The van der Waals surface area contributed by atoms with Crippen LogP contribution in [0.4, 0.5) is 0 Å². The van der Waals surface area contributed by atoms with Crippen LogP contribution in [0.25, 0.3) is 0 Å². The summed E-state index contributed by atoms with van der Waals surface area (Å²) in [5, 5.41) is -0.320. The van der Waals surface area contributed by atoms with Crippen molar-refractivity contribution in [2.24, 2.45) is 0 Å². The largest absolute Gasteiger partial charge is 0.340 e. The SMILES string of the molecule is C[C@H]1CCCCN1C1(C(=O)N2CC[C@@H](S(=O)(=O)c3ccccc3Cl)C2)CC1. The van der Waals surface area contributed by atoms with Gasteiger partial charge in [0.1, 0.15) is 5.54 Å². The Morgan fingerprint density at radius 3 is 2.56 bits per heavy atom. The van der Waals surface area contributed by atoms with E-state index in [4.69, 9.17) is 11.6 Å². The van der Waals surface area contributed by atoms with Gasteiger partial charge in [-0.15, -0.1) is 0 Å². The van der Waals surface area contributed by atoms with Crippen molar-refractivity contribution in [3.8, 4) is 0 Å². The Labute approximate surface area is 166 Å². The molecule has 2 aliphatic heterocycles. The molecule has 2 saturated heterocycles. The van der Waals surface area contributed by atoms with Crippen LogP contribution in [0.2, 0.25) is 5.02 Å². The first-order valence-electron chi connectivity index (χ1n) is 9.91. The van der Waals surface area contributed by atoms with Crippen LogP contribution in [0.15, 0.2) is 29.2 Å². The van der Waals surface area contributed by atoms with Gasteiger partial charge in [0.15, 0.2) is 9.84 Å². The van der Waals surface area contributed by atoms with Gasteiger partial charge < -0.3 is 4.90 Å². The molecule has 5 nitrogen and oxygen atoms in total. The third-order valence-electron chi connectivity index (χ3n) is 6.49. The van der Waals surface area contributed by atoms with E-state index in [1.807, 2.05) is 0 Å². The highest BCUT2D eigenvalue weighted by molar-refractivity contribution is 7.92. The Kier molecular flexibility index (Phi) is 5.02. The van der Waals surface area contributed by atoms with Crippen LogP contribution in [0.5, 0.6) is 0 Å². The maximum Gasteiger partial charge on any atom is 0.243 e. The van der Waals surface area contributed by atoms with Gasteiger partial charge in [-0.2, -0.15) is 0 Å². The molecule has 3 fully saturated rings. The van der Waals surface area contributed by atoms with Gasteiger partial charge in [-0.25, -0.2) is 8.42 Å². The molecule has 1 amide bonds. The lowest BCUT2D eigenvalue weighted by Crippen LogP contribution is -2.55. The summed E-state index contributed by atoms with van der Waals surface area (Å²) in [7, 11) is -3.54. The molecule has 0 radical (unpaired) electrons. The third kappa shape index (κ3) is 3.30. The minimum absolute atomic E-state index is 0.133. The van der Waals surface area contributed by atoms with Crippen molar-refractivity contribution >= 4 is 27.3 Å². The van der Waals surface area contributed by atoms with Gasteiger partial charge in [-0.1, -0.05) is 30.2 Å². The molecule has 0 unspecified atom stereocenters. The highest BCUT2D eigenvalue weighted by Gasteiger charge is 2.58. The van der Waals surface area contributed by atoms with Crippen LogP contribution < -0.4 is 0 Å². The van der Waals surface area contributed by atoms with Crippen LogP contribution in [-0.2, 0) is 14.6 Å². The molecule has 4 rings (SSSR count). The van der Waals surface area contributed by atoms with E-state index in [0.717, 1.165) is 32.2 Å². The number of likely N-dealkylation sites (tertiary alicyclic amines) is 2. The molecule has 0 aromatic heterocycles. The van der Waals surface area contributed by atoms with Crippen LogP contribution in [0.1, 0.15) is 45.4 Å². The maximum absolute atomic E-state index is 13.3. The average Bonchev–Trinajstić information content (AvgIpc) is 3.29. The Morgan fingerprint density at radius 2 is 1.89 bits per heavy atom. The van der Waals surface area contributed by atoms with E-state index in [1.54, 1.807) is 29.2 Å². The number of benzene rings is 1. The number of halogens is 1. The van der Waals surface area contributed by atoms with E-state index in [0.29, 0.717) is 19.0 Å². The lowest BCUT2D eigenvalue weighted by molar-refractivity contribution is -0.139. The fraction of sp³-hybridized carbons (Fsp3) is 0.650. The van der Waals surface area contributed by atoms with E-state index >= 15 is 0 Å². The Bertz CT molecular complexity index is 837. The smallest absolute Gasteiger partial charge is 0.243 e. The van der Waals surface area contributed by atoms with Gasteiger partial charge >= 0.3 is 0 Å². The average molecular weight is 411 g/mol. The summed E-state index contributed by atoms with van der Waals surface area (Å²) in [5.41, 5.74) is -0.372. The van der Waals surface area contributed by atoms with Crippen molar-refractivity contribution in [2.75, 3.05) is 19.6 Å². The first-order chi connectivity index (χ1) is 12.9. The van der Waals surface area contributed by atoms with Crippen molar-refractivity contribution in [1.29, 1.82) is 0 Å². The van der Waals surface area contributed by atoms with Gasteiger partial charge in [0, 0.05) is 19.1 Å². The van der Waals surface area contributed by atoms with Crippen molar-refractivity contribution < 1.29 is 13.2 Å². The maximum atomic E-state index is 13.3. The quantitative estimate of drug-likeness (QED) is 0.765. The Hall–Kier alpha value is -1.11. The molecular weight excluding hydrogens is 384 g/mol. The van der Waals surface area contributed by atoms with Crippen molar-refractivity contribution in [3.05, 3.63) is 29.3 Å². The van der Waals surface area contributed by atoms with Crippen LogP contribution in [0.3, 0.4) is 0 Å². The molecule has 1 saturated carbocycles. The van der Waals surface area contributed by atoms with E-state index in [9.17, 15) is 13.2 Å². The zero-order valence-corrected chi connectivity index (χ0v) is 17.3. The second kappa shape index (κ2) is 7.05. The second-order valence-corrected chi connectivity index (χ2v) is 10.8. The number of sulfone groups is 1. The third-order valence-corrected chi connectivity index (χ3v) is 9.16. The minimum Gasteiger partial charge on any atom is -0.340 e. The summed E-state index contributed by atoms with van der Waals surface area (Å²) in [4.78, 5) is 17.7. The lowest BCUT2D eigenvalue weighted by Gasteiger charge is -2.40. The molecule has 0 spiro atoms. The predicted octanol–water partition coefficient (Wildman–Crippen LogP) is 3.12. The minimum atomic E-state index is -3.54. The molecule has 0 bridgehead atoms. The standard InChI is InChI=1S/C20H27ClN2O3S/c1-15-6-4-5-12-23(15)20(10-11-20)19(24)22-13-9-16(14-22)27(25,26)18-8-3-2-7-17(18)21/h2-3,7-8,15-16H,4-6,9-14H2,1H3/t15-,16+/m0/s1. The van der Waals surface area contributed by atoms with Gasteiger partial charge in [-0.3, -0.25) is 9.69 Å². The molecule has 3 aliphatic rings. The number of nitrogens with zero attached hydrogens (tertiary/aromatic N) is 2. The molecule has 2 atom stereocenters. The van der Waals surface area contributed by atoms with Crippen molar-refractivity contribution in [1.82, 2.24) is 9.80 Å². The summed E-state index contributed by atoms with van der Waals surface area (Å²) < 4.78 is 26.0. The summed E-state index contributed by atoms with van der Waals surface area (Å²) in [6.07, 6.45) is 5.78. The number of carbonyl (C=O) groups is 1. The van der Waals surface area contributed by atoms with Crippen molar-refractivity contribution in [2.45, 2.75) is 67.2 Å². The molecule has 7 heteroatoms. The van der Waals surface area contributed by atoms with Crippen molar-refractivity contribution in [3.63, 3.8) is 0 Å². The molecule has 1 aromatic rings. The van der Waals surface area contributed by atoms with E-state index in [-0.39, 0.29) is 27.9 Å². The molecular formula is C20H27ClN2O3S. The summed E-state index contributed by atoms with van der Waals surface area (Å²) >= 11 is 6.12. The number of hydrogen-bond acceptors (Lipinski definition) is 4. The van der Waals surface area contributed by atoms with Gasteiger partial charge in [0.2, 0.25) is 5.91 Å². The fourth-order valence-corrected chi connectivity index (χ4v) is 7.01. The number of piperidine rings is 1. The highest BCUT2D eigenvalue weighted by Crippen LogP contribution is 2.47. The Morgan fingerprint density at radius 1 is 1.15 bits per heavy atom. The Balaban J connectivity index is 1.50. The molecule has 27 heavy (non-hydrogen) atoms. The highest BCUT2D eigenvalue weighted by atomic mass is 35.5. The lowest BCUT2D eigenvalue weighted by atomic mass is 9.99. The molecule has 0 N–H and O–H groups in total. The number of hydrogen-bond donors (Lipinski definition) is 0. The van der Waals surface area contributed by atoms with Crippen LogP contribution in [0, 0.1) is 0 Å². The van der Waals surface area contributed by atoms with Gasteiger partial charge in [0.25, 0.3) is 0 Å². The van der Waals surface area contributed by atoms with E-state index in [2.05, 4.69) is 11.8 Å².